The lowest BCUT2D eigenvalue weighted by atomic mass is 10.1. The minimum absolute atomic E-state index is 0.0549. The van der Waals surface area contributed by atoms with Crippen molar-refractivity contribution >= 4 is 17.5 Å². The highest BCUT2D eigenvalue weighted by atomic mass is 16.6. The quantitative estimate of drug-likeness (QED) is 0.366. The van der Waals surface area contributed by atoms with Crippen LogP contribution in [-0.2, 0) is 0 Å². The molecule has 0 heterocycles. The standard InChI is InChI=1S/C16H13NO3/c1-12-7-8-13(11-15(12)17(19)20)9-10-16(18)14-5-3-2-4-6-14/h2-11H,1H3/b10-9+. The second-order valence-electron chi connectivity index (χ2n) is 4.37. The second kappa shape index (κ2) is 5.93. The average Bonchev–Trinajstić information content (AvgIpc) is 2.46. The molecule has 0 atom stereocenters. The summed E-state index contributed by atoms with van der Waals surface area (Å²) in [6.07, 6.45) is 3.01. The Morgan fingerprint density at radius 3 is 2.50 bits per heavy atom. The van der Waals surface area contributed by atoms with E-state index in [0.717, 1.165) is 0 Å². The van der Waals surface area contributed by atoms with Gasteiger partial charge in [0.15, 0.2) is 5.78 Å². The lowest BCUT2D eigenvalue weighted by Gasteiger charge is -1.99. The first-order valence-corrected chi connectivity index (χ1v) is 6.10. The Balaban J connectivity index is 2.22. The fraction of sp³-hybridized carbons (Fsp3) is 0.0625. The minimum atomic E-state index is -0.425. The van der Waals surface area contributed by atoms with Gasteiger partial charge in [-0.15, -0.1) is 0 Å². The number of nitro groups is 1. The molecule has 0 N–H and O–H groups in total. The maximum Gasteiger partial charge on any atom is 0.272 e. The Labute approximate surface area is 116 Å². The number of hydrogen-bond donors (Lipinski definition) is 0. The predicted molar refractivity (Wildman–Crippen MR) is 77.6 cm³/mol. The van der Waals surface area contributed by atoms with E-state index >= 15 is 0 Å². The summed E-state index contributed by atoms with van der Waals surface area (Å²) < 4.78 is 0. The van der Waals surface area contributed by atoms with Gasteiger partial charge in [0, 0.05) is 17.2 Å². The molecular weight excluding hydrogens is 254 g/mol. The van der Waals surface area contributed by atoms with Crippen LogP contribution in [0.3, 0.4) is 0 Å². The molecule has 0 aromatic heterocycles. The molecule has 0 fully saturated rings. The normalized spacial score (nSPS) is 10.7. The SMILES string of the molecule is Cc1ccc(/C=C/C(=O)c2ccccc2)cc1[N+](=O)[O-]. The Kier molecular flexibility index (Phi) is 4.05. The molecule has 4 nitrogen and oxygen atoms in total. The number of aryl methyl sites for hydroxylation is 1. The van der Waals surface area contributed by atoms with Crippen molar-refractivity contribution in [3.63, 3.8) is 0 Å². The molecule has 2 rings (SSSR count). The van der Waals surface area contributed by atoms with Gasteiger partial charge < -0.3 is 0 Å². The van der Waals surface area contributed by atoms with Gasteiger partial charge in [0.1, 0.15) is 0 Å². The van der Waals surface area contributed by atoms with Crippen molar-refractivity contribution in [1.29, 1.82) is 0 Å². The molecule has 0 aliphatic carbocycles. The lowest BCUT2D eigenvalue weighted by Crippen LogP contribution is -1.94. The summed E-state index contributed by atoms with van der Waals surface area (Å²) in [4.78, 5) is 22.3. The van der Waals surface area contributed by atoms with Crippen LogP contribution in [0.4, 0.5) is 5.69 Å². The fourth-order valence-electron chi connectivity index (χ4n) is 1.80. The van der Waals surface area contributed by atoms with Crippen LogP contribution in [0, 0.1) is 17.0 Å². The van der Waals surface area contributed by atoms with Crippen LogP contribution < -0.4 is 0 Å². The monoisotopic (exact) mass is 267 g/mol. The van der Waals surface area contributed by atoms with Crippen molar-refractivity contribution in [2.24, 2.45) is 0 Å². The first kappa shape index (κ1) is 13.7. The highest BCUT2D eigenvalue weighted by molar-refractivity contribution is 6.06. The third-order valence-corrected chi connectivity index (χ3v) is 2.92. The van der Waals surface area contributed by atoms with Gasteiger partial charge in [-0.1, -0.05) is 48.5 Å². The van der Waals surface area contributed by atoms with Crippen molar-refractivity contribution in [3.8, 4) is 0 Å². The van der Waals surface area contributed by atoms with E-state index in [1.165, 1.54) is 12.1 Å². The summed E-state index contributed by atoms with van der Waals surface area (Å²) in [5.74, 6) is -0.131. The summed E-state index contributed by atoms with van der Waals surface area (Å²) >= 11 is 0. The van der Waals surface area contributed by atoms with Crippen molar-refractivity contribution in [2.75, 3.05) is 0 Å². The zero-order valence-corrected chi connectivity index (χ0v) is 10.9. The summed E-state index contributed by atoms with van der Waals surface area (Å²) in [5.41, 5.74) is 1.87. The number of carbonyl (C=O) groups excluding carboxylic acids is 1. The molecule has 0 amide bonds. The van der Waals surface area contributed by atoms with E-state index in [9.17, 15) is 14.9 Å². The number of hydrogen-bond acceptors (Lipinski definition) is 3. The number of nitrogens with zero attached hydrogens (tertiary/aromatic N) is 1. The van der Waals surface area contributed by atoms with E-state index in [-0.39, 0.29) is 11.5 Å². The molecule has 20 heavy (non-hydrogen) atoms. The van der Waals surface area contributed by atoms with Crippen molar-refractivity contribution in [1.82, 2.24) is 0 Å². The molecule has 0 radical (unpaired) electrons. The Bertz CT molecular complexity index is 675. The lowest BCUT2D eigenvalue weighted by molar-refractivity contribution is -0.385. The van der Waals surface area contributed by atoms with Crippen LogP contribution >= 0.6 is 0 Å². The Morgan fingerprint density at radius 1 is 1.15 bits per heavy atom. The first-order chi connectivity index (χ1) is 9.58. The van der Waals surface area contributed by atoms with Crippen LogP contribution in [-0.4, -0.2) is 10.7 Å². The molecule has 4 heteroatoms. The number of carbonyl (C=O) groups is 1. The van der Waals surface area contributed by atoms with Crippen LogP contribution in [0.2, 0.25) is 0 Å². The van der Waals surface area contributed by atoms with Gasteiger partial charge in [0.05, 0.1) is 4.92 Å². The van der Waals surface area contributed by atoms with Crippen LogP contribution in [0.1, 0.15) is 21.5 Å². The Hall–Kier alpha value is -2.75. The zero-order chi connectivity index (χ0) is 14.5. The summed E-state index contributed by atoms with van der Waals surface area (Å²) in [6.45, 7) is 1.68. The largest absolute Gasteiger partial charge is 0.289 e. The maximum atomic E-state index is 11.9. The number of rotatable bonds is 4. The molecule has 0 saturated heterocycles. The molecule has 2 aromatic rings. The molecule has 2 aromatic carbocycles. The van der Waals surface area contributed by atoms with Crippen molar-refractivity contribution < 1.29 is 9.72 Å². The first-order valence-electron chi connectivity index (χ1n) is 6.10. The molecule has 100 valence electrons. The molecular formula is C16H13NO3. The number of benzene rings is 2. The Morgan fingerprint density at radius 2 is 1.85 bits per heavy atom. The summed E-state index contributed by atoms with van der Waals surface area (Å²) in [5, 5.41) is 10.8. The number of ketones is 1. The summed E-state index contributed by atoms with van der Waals surface area (Å²) in [7, 11) is 0. The highest BCUT2D eigenvalue weighted by Crippen LogP contribution is 2.20. The average molecular weight is 267 g/mol. The van der Waals surface area contributed by atoms with E-state index in [4.69, 9.17) is 0 Å². The van der Waals surface area contributed by atoms with Gasteiger partial charge >= 0.3 is 0 Å². The minimum Gasteiger partial charge on any atom is -0.289 e. The van der Waals surface area contributed by atoms with E-state index in [0.29, 0.717) is 16.7 Å². The molecule has 0 bridgehead atoms. The fourth-order valence-corrected chi connectivity index (χ4v) is 1.80. The van der Waals surface area contributed by atoms with E-state index in [1.54, 1.807) is 49.4 Å². The molecule has 0 aliphatic rings. The topological polar surface area (TPSA) is 60.2 Å². The van der Waals surface area contributed by atoms with Gasteiger partial charge in [0.25, 0.3) is 5.69 Å². The maximum absolute atomic E-state index is 11.9. The molecule has 0 unspecified atom stereocenters. The molecule has 0 spiro atoms. The summed E-state index contributed by atoms with van der Waals surface area (Å²) in [6, 6.07) is 13.7. The van der Waals surface area contributed by atoms with Crippen LogP contribution in [0.15, 0.2) is 54.6 Å². The van der Waals surface area contributed by atoms with Gasteiger partial charge in [-0.25, -0.2) is 0 Å². The van der Waals surface area contributed by atoms with Crippen LogP contribution in [0.5, 0.6) is 0 Å². The van der Waals surface area contributed by atoms with Gasteiger partial charge in [0.2, 0.25) is 0 Å². The highest BCUT2D eigenvalue weighted by Gasteiger charge is 2.09. The van der Waals surface area contributed by atoms with Gasteiger partial charge in [-0.3, -0.25) is 14.9 Å². The van der Waals surface area contributed by atoms with Crippen molar-refractivity contribution in [3.05, 3.63) is 81.4 Å². The molecule has 0 aliphatic heterocycles. The van der Waals surface area contributed by atoms with E-state index < -0.39 is 4.92 Å². The van der Waals surface area contributed by atoms with Crippen molar-refractivity contribution in [2.45, 2.75) is 6.92 Å². The van der Waals surface area contributed by atoms with Crippen LogP contribution in [0.25, 0.3) is 6.08 Å². The second-order valence-corrected chi connectivity index (χ2v) is 4.37. The van der Waals surface area contributed by atoms with E-state index in [2.05, 4.69) is 0 Å². The predicted octanol–water partition coefficient (Wildman–Crippen LogP) is 3.80. The van der Waals surface area contributed by atoms with E-state index in [1.807, 2.05) is 6.07 Å². The third-order valence-electron chi connectivity index (χ3n) is 2.92. The zero-order valence-electron chi connectivity index (χ0n) is 10.9. The smallest absolute Gasteiger partial charge is 0.272 e. The molecule has 0 saturated carbocycles. The van der Waals surface area contributed by atoms with Gasteiger partial charge in [-0.05, 0) is 18.6 Å². The third kappa shape index (κ3) is 3.17. The van der Waals surface area contributed by atoms with Gasteiger partial charge in [-0.2, -0.15) is 0 Å². The number of allylic oxidation sites excluding steroid dienone is 1. The number of nitro benzene ring substituents is 1.